The molecular formula is C24H22N2O5S. The topological polar surface area (TPSA) is 90.1 Å². The lowest BCUT2D eigenvalue weighted by atomic mass is 9.96. The molecule has 1 atom stereocenters. The van der Waals surface area contributed by atoms with Gasteiger partial charge in [-0.25, -0.2) is 9.79 Å². The summed E-state index contributed by atoms with van der Waals surface area (Å²) in [4.78, 5) is 31.3. The summed E-state index contributed by atoms with van der Waals surface area (Å²) in [7, 11) is 1.47. The molecule has 1 N–H and O–H groups in total. The van der Waals surface area contributed by atoms with Gasteiger partial charge < -0.3 is 14.6 Å². The third-order valence-electron chi connectivity index (χ3n) is 5.13. The summed E-state index contributed by atoms with van der Waals surface area (Å²) in [6, 6.07) is 13.6. The molecule has 0 radical (unpaired) electrons. The largest absolute Gasteiger partial charge is 0.504 e. The SMILES string of the molecule is CCOC(=O)C1=C(C)N=c2s/c(=C\c3ccc(OC)c(O)c3)c(=O)n2[C@@H]1c1ccccc1. The summed E-state index contributed by atoms with van der Waals surface area (Å²) in [6.45, 7) is 3.72. The minimum atomic E-state index is -0.641. The predicted octanol–water partition coefficient (Wildman–Crippen LogP) is 2.51. The standard InChI is InChI=1S/C24H22N2O5S/c1-4-31-23(29)20-14(2)25-24-26(21(20)16-8-6-5-7-9-16)22(28)19(32-24)13-15-10-11-18(30-3)17(27)12-15/h5-13,21,27H,4H2,1-3H3/b19-13-/t21-/m1/s1. The fraction of sp³-hybridized carbons (Fsp3) is 0.208. The maximum absolute atomic E-state index is 13.5. The van der Waals surface area contributed by atoms with Crippen molar-refractivity contribution in [3.05, 3.63) is 90.6 Å². The molecule has 0 saturated heterocycles. The van der Waals surface area contributed by atoms with E-state index in [1.54, 1.807) is 32.1 Å². The highest BCUT2D eigenvalue weighted by Gasteiger charge is 2.33. The maximum atomic E-state index is 13.5. The number of aromatic hydroxyl groups is 1. The van der Waals surface area contributed by atoms with Crippen molar-refractivity contribution in [2.75, 3.05) is 13.7 Å². The molecule has 1 aromatic heterocycles. The van der Waals surface area contributed by atoms with E-state index in [9.17, 15) is 14.7 Å². The summed E-state index contributed by atoms with van der Waals surface area (Å²) in [5.41, 5.74) is 2.03. The zero-order valence-corrected chi connectivity index (χ0v) is 18.7. The van der Waals surface area contributed by atoms with Crippen molar-refractivity contribution in [2.45, 2.75) is 19.9 Å². The molecule has 2 aromatic carbocycles. The first-order chi connectivity index (χ1) is 15.4. The molecule has 0 saturated carbocycles. The van der Waals surface area contributed by atoms with E-state index < -0.39 is 12.0 Å². The summed E-state index contributed by atoms with van der Waals surface area (Å²) in [5, 5.41) is 10.1. The van der Waals surface area contributed by atoms with Crippen LogP contribution in [0.2, 0.25) is 0 Å². The normalized spacial score (nSPS) is 15.8. The highest BCUT2D eigenvalue weighted by Crippen LogP contribution is 2.30. The number of phenolic OH excluding ortho intramolecular Hbond substituents is 1. The number of ether oxygens (including phenoxy) is 2. The van der Waals surface area contributed by atoms with Crippen molar-refractivity contribution in [3.63, 3.8) is 0 Å². The fourth-order valence-corrected chi connectivity index (χ4v) is 4.74. The summed E-state index contributed by atoms with van der Waals surface area (Å²) in [6.07, 6.45) is 1.69. The van der Waals surface area contributed by atoms with Gasteiger partial charge in [-0.05, 0) is 43.2 Å². The second-order valence-electron chi connectivity index (χ2n) is 7.14. The average Bonchev–Trinajstić information content (AvgIpc) is 3.08. The Kier molecular flexibility index (Phi) is 5.96. The summed E-state index contributed by atoms with van der Waals surface area (Å²) < 4.78 is 12.3. The number of carbonyl (C=O) groups is 1. The minimum Gasteiger partial charge on any atom is -0.504 e. The van der Waals surface area contributed by atoms with Gasteiger partial charge in [0.1, 0.15) is 0 Å². The van der Waals surface area contributed by atoms with Gasteiger partial charge >= 0.3 is 5.97 Å². The van der Waals surface area contributed by atoms with Gasteiger partial charge in [-0.1, -0.05) is 47.7 Å². The van der Waals surface area contributed by atoms with Crippen molar-refractivity contribution in [3.8, 4) is 11.5 Å². The van der Waals surface area contributed by atoms with Crippen molar-refractivity contribution >= 4 is 23.4 Å². The first-order valence-corrected chi connectivity index (χ1v) is 10.9. The van der Waals surface area contributed by atoms with Gasteiger partial charge in [-0.2, -0.15) is 0 Å². The Morgan fingerprint density at radius 1 is 1.25 bits per heavy atom. The van der Waals surface area contributed by atoms with Crippen molar-refractivity contribution < 1.29 is 19.4 Å². The van der Waals surface area contributed by atoms with Crippen LogP contribution >= 0.6 is 11.3 Å². The number of nitrogens with zero attached hydrogens (tertiary/aromatic N) is 2. The molecule has 4 rings (SSSR count). The van der Waals surface area contributed by atoms with Crippen molar-refractivity contribution in [1.29, 1.82) is 0 Å². The fourth-order valence-electron chi connectivity index (χ4n) is 3.69. The number of thiazole rings is 1. The van der Waals surface area contributed by atoms with Crippen LogP contribution in [0.4, 0.5) is 0 Å². The van der Waals surface area contributed by atoms with Crippen LogP contribution in [0.3, 0.4) is 0 Å². The first kappa shape index (κ1) is 21.6. The molecule has 1 aliphatic rings. The number of benzene rings is 2. The Labute approximate surface area is 188 Å². The van der Waals surface area contributed by atoms with E-state index in [0.29, 0.717) is 31.9 Å². The minimum absolute atomic E-state index is 0.0170. The number of hydrogen-bond donors (Lipinski definition) is 1. The van der Waals surface area contributed by atoms with Crippen LogP contribution in [0.15, 0.2) is 69.6 Å². The molecule has 0 fully saturated rings. The number of rotatable bonds is 5. The van der Waals surface area contributed by atoms with Gasteiger partial charge in [0.05, 0.1) is 35.6 Å². The molecule has 1 aliphatic heterocycles. The lowest BCUT2D eigenvalue weighted by Gasteiger charge is -2.24. The molecule has 7 nitrogen and oxygen atoms in total. The molecule has 164 valence electrons. The second-order valence-corrected chi connectivity index (χ2v) is 8.15. The third-order valence-corrected chi connectivity index (χ3v) is 6.12. The van der Waals surface area contributed by atoms with Crippen LogP contribution in [0, 0.1) is 0 Å². The van der Waals surface area contributed by atoms with Gasteiger partial charge in [-0.15, -0.1) is 0 Å². The van der Waals surface area contributed by atoms with Crippen LogP contribution in [0.25, 0.3) is 6.08 Å². The monoisotopic (exact) mass is 450 g/mol. The van der Waals surface area contributed by atoms with Gasteiger partial charge in [0.25, 0.3) is 5.56 Å². The molecule has 0 unspecified atom stereocenters. The predicted molar refractivity (Wildman–Crippen MR) is 121 cm³/mol. The number of phenols is 1. The average molecular weight is 451 g/mol. The van der Waals surface area contributed by atoms with E-state index >= 15 is 0 Å². The van der Waals surface area contributed by atoms with E-state index in [2.05, 4.69) is 4.99 Å². The van der Waals surface area contributed by atoms with Gasteiger partial charge in [0, 0.05) is 0 Å². The first-order valence-electron chi connectivity index (χ1n) is 10.1. The Balaban J connectivity index is 1.92. The van der Waals surface area contributed by atoms with Crippen LogP contribution in [0.5, 0.6) is 11.5 Å². The van der Waals surface area contributed by atoms with Gasteiger partial charge in [0.15, 0.2) is 16.3 Å². The summed E-state index contributed by atoms with van der Waals surface area (Å²) >= 11 is 1.23. The second kappa shape index (κ2) is 8.84. The van der Waals surface area contributed by atoms with Crippen LogP contribution < -0.4 is 19.6 Å². The van der Waals surface area contributed by atoms with E-state index in [-0.39, 0.29) is 17.9 Å². The number of hydrogen-bond acceptors (Lipinski definition) is 7. The Morgan fingerprint density at radius 2 is 2.00 bits per heavy atom. The van der Waals surface area contributed by atoms with E-state index in [1.807, 2.05) is 30.3 Å². The Morgan fingerprint density at radius 3 is 2.66 bits per heavy atom. The van der Waals surface area contributed by atoms with Gasteiger partial charge in [-0.3, -0.25) is 9.36 Å². The zero-order chi connectivity index (χ0) is 22.8. The Hall–Kier alpha value is -3.65. The van der Waals surface area contributed by atoms with E-state index in [1.165, 1.54) is 29.1 Å². The van der Waals surface area contributed by atoms with Crippen LogP contribution in [0.1, 0.15) is 31.0 Å². The molecule has 0 aliphatic carbocycles. The molecule has 32 heavy (non-hydrogen) atoms. The smallest absolute Gasteiger partial charge is 0.338 e. The quantitative estimate of drug-likeness (QED) is 0.604. The Bertz CT molecular complexity index is 1390. The highest BCUT2D eigenvalue weighted by atomic mass is 32.1. The molecule has 0 amide bonds. The van der Waals surface area contributed by atoms with Crippen molar-refractivity contribution in [1.82, 2.24) is 4.57 Å². The molecular weight excluding hydrogens is 428 g/mol. The molecule has 0 bridgehead atoms. The lowest BCUT2D eigenvalue weighted by Crippen LogP contribution is -2.39. The molecule has 0 spiro atoms. The lowest BCUT2D eigenvalue weighted by molar-refractivity contribution is -0.139. The number of carbonyl (C=O) groups excluding carboxylic acids is 1. The summed E-state index contributed by atoms with van der Waals surface area (Å²) in [5.74, 6) is -0.157. The maximum Gasteiger partial charge on any atom is 0.338 e. The zero-order valence-electron chi connectivity index (χ0n) is 17.9. The van der Waals surface area contributed by atoms with Crippen LogP contribution in [-0.2, 0) is 9.53 Å². The number of allylic oxidation sites excluding steroid dienone is 1. The number of aromatic nitrogens is 1. The van der Waals surface area contributed by atoms with Gasteiger partial charge in [0.2, 0.25) is 0 Å². The van der Waals surface area contributed by atoms with E-state index in [4.69, 9.17) is 9.47 Å². The molecule has 3 aromatic rings. The number of methoxy groups -OCH3 is 1. The number of fused-ring (bicyclic) bond motifs is 1. The molecule has 2 heterocycles. The highest BCUT2D eigenvalue weighted by molar-refractivity contribution is 7.07. The van der Waals surface area contributed by atoms with Crippen LogP contribution in [-0.4, -0.2) is 29.4 Å². The molecule has 8 heteroatoms. The van der Waals surface area contributed by atoms with Crippen molar-refractivity contribution in [2.24, 2.45) is 4.99 Å². The third kappa shape index (κ3) is 3.85. The number of esters is 1. The van der Waals surface area contributed by atoms with E-state index in [0.717, 1.165) is 5.56 Å².